The van der Waals surface area contributed by atoms with Crippen LogP contribution in [0.2, 0.25) is 0 Å². The Hall–Kier alpha value is -2.12. The molecule has 0 aliphatic carbocycles. The number of rotatable bonds is 3. The van der Waals surface area contributed by atoms with Gasteiger partial charge in [0.05, 0.1) is 17.4 Å². The van der Waals surface area contributed by atoms with Crippen molar-refractivity contribution < 1.29 is 0 Å². The second-order valence-corrected chi connectivity index (χ2v) is 3.23. The van der Waals surface area contributed by atoms with E-state index in [1.165, 1.54) is 0 Å². The van der Waals surface area contributed by atoms with E-state index < -0.39 is 0 Å². The molecule has 0 saturated carbocycles. The standard InChI is InChI=1S/C9H11N5O2/c10-12-4-11-5-1-2-6-7(3-5)9(16)14-13-8(6)15/h1-3,11-12H,4,10H2,(H,13,15)(H,14,16). The average molecular weight is 221 g/mol. The molecule has 16 heavy (non-hydrogen) atoms. The number of hydrogen-bond donors (Lipinski definition) is 5. The lowest BCUT2D eigenvalue weighted by molar-refractivity contribution is 0.790. The van der Waals surface area contributed by atoms with Crippen LogP contribution in [0.3, 0.4) is 0 Å². The summed E-state index contributed by atoms with van der Waals surface area (Å²) in [6, 6.07) is 4.89. The second-order valence-electron chi connectivity index (χ2n) is 3.23. The van der Waals surface area contributed by atoms with Crippen LogP contribution in [0.1, 0.15) is 0 Å². The van der Waals surface area contributed by atoms with Gasteiger partial charge >= 0.3 is 0 Å². The molecule has 0 bridgehead atoms. The van der Waals surface area contributed by atoms with Crippen molar-refractivity contribution in [3.05, 3.63) is 38.9 Å². The highest BCUT2D eigenvalue weighted by molar-refractivity contribution is 5.83. The zero-order chi connectivity index (χ0) is 11.5. The molecule has 1 aromatic heterocycles. The van der Waals surface area contributed by atoms with E-state index in [1.807, 2.05) is 0 Å². The highest BCUT2D eigenvalue weighted by atomic mass is 16.1. The summed E-state index contributed by atoms with van der Waals surface area (Å²) >= 11 is 0. The molecule has 7 nitrogen and oxygen atoms in total. The fourth-order valence-corrected chi connectivity index (χ4v) is 1.44. The monoisotopic (exact) mass is 221 g/mol. The van der Waals surface area contributed by atoms with E-state index >= 15 is 0 Å². The van der Waals surface area contributed by atoms with Crippen molar-refractivity contribution in [2.24, 2.45) is 5.84 Å². The highest BCUT2D eigenvalue weighted by Crippen LogP contribution is 2.12. The first-order valence-corrected chi connectivity index (χ1v) is 4.64. The Balaban J connectivity index is 2.57. The Kier molecular flexibility index (Phi) is 2.71. The van der Waals surface area contributed by atoms with Gasteiger partial charge in [-0.05, 0) is 18.2 Å². The number of hydrogen-bond acceptors (Lipinski definition) is 5. The minimum Gasteiger partial charge on any atom is -0.371 e. The SMILES string of the molecule is NNCNc1ccc2c(=O)[nH][nH]c(=O)c2c1. The lowest BCUT2D eigenvalue weighted by atomic mass is 10.2. The molecular weight excluding hydrogens is 210 g/mol. The Labute approximate surface area is 89.6 Å². The summed E-state index contributed by atoms with van der Waals surface area (Å²) < 4.78 is 0. The number of H-pyrrole nitrogens is 2. The maximum Gasteiger partial charge on any atom is 0.270 e. The number of aromatic nitrogens is 2. The van der Waals surface area contributed by atoms with Crippen LogP contribution in [0, 0.1) is 0 Å². The van der Waals surface area contributed by atoms with Gasteiger partial charge in [0.2, 0.25) is 0 Å². The quantitative estimate of drug-likeness (QED) is 0.260. The van der Waals surface area contributed by atoms with Crippen LogP contribution in [0.4, 0.5) is 5.69 Å². The Morgan fingerprint density at radius 1 is 1.12 bits per heavy atom. The Morgan fingerprint density at radius 3 is 2.50 bits per heavy atom. The molecule has 1 aromatic carbocycles. The molecule has 84 valence electrons. The average Bonchev–Trinajstić information content (AvgIpc) is 2.31. The third-order valence-electron chi connectivity index (χ3n) is 2.19. The fourth-order valence-electron chi connectivity index (χ4n) is 1.44. The van der Waals surface area contributed by atoms with Crippen molar-refractivity contribution in [1.29, 1.82) is 0 Å². The number of aromatic amines is 2. The zero-order valence-corrected chi connectivity index (χ0v) is 8.33. The van der Waals surface area contributed by atoms with Crippen molar-refractivity contribution in [1.82, 2.24) is 15.6 Å². The van der Waals surface area contributed by atoms with Crippen LogP contribution < -0.4 is 27.7 Å². The first kappa shape index (κ1) is 10.4. The lowest BCUT2D eigenvalue weighted by Gasteiger charge is -2.05. The van der Waals surface area contributed by atoms with E-state index in [0.29, 0.717) is 23.1 Å². The molecule has 0 radical (unpaired) electrons. The van der Waals surface area contributed by atoms with Gasteiger partial charge in [-0.15, -0.1) is 0 Å². The van der Waals surface area contributed by atoms with Crippen LogP contribution in [0.15, 0.2) is 27.8 Å². The number of nitrogens with one attached hydrogen (secondary N) is 4. The molecule has 2 aromatic rings. The van der Waals surface area contributed by atoms with Crippen molar-refractivity contribution in [3.8, 4) is 0 Å². The van der Waals surface area contributed by atoms with Gasteiger partial charge in [-0.1, -0.05) is 0 Å². The molecule has 0 aliphatic rings. The molecule has 7 heteroatoms. The van der Waals surface area contributed by atoms with Crippen molar-refractivity contribution in [2.45, 2.75) is 0 Å². The Morgan fingerprint density at radius 2 is 1.81 bits per heavy atom. The number of hydrazine groups is 1. The van der Waals surface area contributed by atoms with Gasteiger partial charge in [0, 0.05) is 5.69 Å². The number of anilines is 1. The first-order valence-electron chi connectivity index (χ1n) is 4.64. The van der Waals surface area contributed by atoms with E-state index in [1.54, 1.807) is 18.2 Å². The molecule has 0 aliphatic heterocycles. The third-order valence-corrected chi connectivity index (χ3v) is 2.19. The zero-order valence-electron chi connectivity index (χ0n) is 8.33. The van der Waals surface area contributed by atoms with Crippen LogP contribution in [0.5, 0.6) is 0 Å². The summed E-state index contributed by atoms with van der Waals surface area (Å²) in [5.74, 6) is 5.11. The first-order chi connectivity index (χ1) is 7.72. The maximum absolute atomic E-state index is 11.5. The molecule has 2 rings (SSSR count). The highest BCUT2D eigenvalue weighted by Gasteiger charge is 2.03. The van der Waals surface area contributed by atoms with Gasteiger partial charge in [0.25, 0.3) is 11.1 Å². The van der Waals surface area contributed by atoms with Crippen LogP contribution in [-0.4, -0.2) is 16.9 Å². The predicted octanol–water partition coefficient (Wildman–Crippen LogP) is -0.951. The summed E-state index contributed by atoms with van der Waals surface area (Å²) in [5.41, 5.74) is 2.48. The van der Waals surface area contributed by atoms with Crippen molar-refractivity contribution >= 4 is 16.5 Å². The minimum absolute atomic E-state index is 0.321. The topological polar surface area (TPSA) is 116 Å². The molecule has 0 saturated heterocycles. The van der Waals surface area contributed by atoms with Gasteiger partial charge < -0.3 is 5.32 Å². The second kappa shape index (κ2) is 4.17. The van der Waals surface area contributed by atoms with E-state index in [4.69, 9.17) is 5.84 Å². The summed E-state index contributed by atoms with van der Waals surface area (Å²) in [6.07, 6.45) is 0. The smallest absolute Gasteiger partial charge is 0.270 e. The summed E-state index contributed by atoms with van der Waals surface area (Å²) in [6.45, 7) is 0.368. The van der Waals surface area contributed by atoms with E-state index in [0.717, 1.165) is 0 Å². The molecule has 0 amide bonds. The van der Waals surface area contributed by atoms with Gasteiger partial charge in [-0.3, -0.25) is 25.6 Å². The summed E-state index contributed by atoms with van der Waals surface area (Å²) in [7, 11) is 0. The van der Waals surface area contributed by atoms with E-state index in [-0.39, 0.29) is 11.1 Å². The van der Waals surface area contributed by atoms with Gasteiger partial charge in [-0.2, -0.15) is 0 Å². The molecule has 0 fully saturated rings. The molecule has 1 heterocycles. The fraction of sp³-hybridized carbons (Fsp3) is 0.111. The molecule has 0 atom stereocenters. The largest absolute Gasteiger partial charge is 0.371 e. The number of fused-ring (bicyclic) bond motifs is 1. The minimum atomic E-state index is -0.334. The Bertz CT molecular complexity index is 615. The van der Waals surface area contributed by atoms with Crippen LogP contribution in [0.25, 0.3) is 10.8 Å². The maximum atomic E-state index is 11.5. The third kappa shape index (κ3) is 1.81. The van der Waals surface area contributed by atoms with Gasteiger partial charge in [-0.25, -0.2) is 5.43 Å². The lowest BCUT2D eigenvalue weighted by Crippen LogP contribution is -2.28. The van der Waals surface area contributed by atoms with Gasteiger partial charge in [0.1, 0.15) is 0 Å². The summed E-state index contributed by atoms with van der Waals surface area (Å²) in [4.78, 5) is 22.8. The molecule has 6 N–H and O–H groups in total. The van der Waals surface area contributed by atoms with Crippen LogP contribution in [-0.2, 0) is 0 Å². The molecular formula is C9H11N5O2. The van der Waals surface area contributed by atoms with Crippen LogP contribution >= 0.6 is 0 Å². The summed E-state index contributed by atoms with van der Waals surface area (Å²) in [5, 5.41) is 8.15. The number of nitrogens with two attached hydrogens (primary N) is 1. The molecule has 0 unspecified atom stereocenters. The van der Waals surface area contributed by atoms with E-state index in [9.17, 15) is 9.59 Å². The normalized spacial score (nSPS) is 10.6. The molecule has 0 spiro atoms. The van der Waals surface area contributed by atoms with Crippen molar-refractivity contribution in [2.75, 3.05) is 12.0 Å². The van der Waals surface area contributed by atoms with Gasteiger partial charge in [0.15, 0.2) is 0 Å². The predicted molar refractivity (Wildman–Crippen MR) is 61.0 cm³/mol. The van der Waals surface area contributed by atoms with Crippen molar-refractivity contribution in [3.63, 3.8) is 0 Å². The van der Waals surface area contributed by atoms with E-state index in [2.05, 4.69) is 20.9 Å². The number of benzene rings is 1.